The van der Waals surface area contributed by atoms with Gasteiger partial charge >= 0.3 is 0 Å². The summed E-state index contributed by atoms with van der Waals surface area (Å²) in [6.45, 7) is 0.568. The Labute approximate surface area is 126 Å². The van der Waals surface area contributed by atoms with E-state index >= 15 is 0 Å². The SMILES string of the molecule is O=C(NCC1(CO)CCCC1)c1cc(I)ccc1O. The Morgan fingerprint density at radius 3 is 2.68 bits per heavy atom. The van der Waals surface area contributed by atoms with E-state index in [1.54, 1.807) is 12.1 Å². The molecule has 0 aromatic heterocycles. The second-order valence-corrected chi connectivity index (χ2v) is 6.46. The normalized spacial score (nSPS) is 17.4. The highest BCUT2D eigenvalue weighted by atomic mass is 127. The van der Waals surface area contributed by atoms with Crippen molar-refractivity contribution in [3.05, 3.63) is 27.3 Å². The number of nitrogens with one attached hydrogen (secondary N) is 1. The molecule has 1 fully saturated rings. The first-order chi connectivity index (χ1) is 9.06. The lowest BCUT2D eigenvalue weighted by Crippen LogP contribution is -2.38. The number of halogens is 1. The minimum absolute atomic E-state index is 0.0117. The number of benzene rings is 1. The van der Waals surface area contributed by atoms with Crippen LogP contribution in [-0.2, 0) is 0 Å². The van der Waals surface area contributed by atoms with Crippen molar-refractivity contribution in [2.75, 3.05) is 13.2 Å². The van der Waals surface area contributed by atoms with E-state index in [-0.39, 0.29) is 29.2 Å². The quantitative estimate of drug-likeness (QED) is 0.708. The number of hydrogen-bond acceptors (Lipinski definition) is 3. The van der Waals surface area contributed by atoms with Gasteiger partial charge < -0.3 is 15.5 Å². The Morgan fingerprint density at radius 1 is 1.37 bits per heavy atom. The second kappa shape index (κ2) is 6.09. The summed E-state index contributed by atoms with van der Waals surface area (Å²) < 4.78 is 0.901. The van der Waals surface area contributed by atoms with Crippen LogP contribution in [0.25, 0.3) is 0 Å². The van der Waals surface area contributed by atoms with E-state index in [9.17, 15) is 15.0 Å². The van der Waals surface area contributed by atoms with Gasteiger partial charge in [-0.3, -0.25) is 4.79 Å². The zero-order chi connectivity index (χ0) is 13.9. The molecule has 0 spiro atoms. The molecule has 19 heavy (non-hydrogen) atoms. The summed E-state index contributed by atoms with van der Waals surface area (Å²) in [5.41, 5.74) is 0.116. The van der Waals surface area contributed by atoms with Gasteiger partial charge in [0.2, 0.25) is 0 Å². The maximum atomic E-state index is 12.1. The van der Waals surface area contributed by atoms with Gasteiger partial charge in [0.05, 0.1) is 12.2 Å². The summed E-state index contributed by atoms with van der Waals surface area (Å²) >= 11 is 2.10. The van der Waals surface area contributed by atoms with Crippen molar-refractivity contribution in [3.63, 3.8) is 0 Å². The first-order valence-corrected chi connectivity index (χ1v) is 7.52. The van der Waals surface area contributed by atoms with Gasteiger partial charge in [-0.2, -0.15) is 0 Å². The number of phenols is 1. The number of aliphatic hydroxyl groups excluding tert-OH is 1. The van der Waals surface area contributed by atoms with E-state index in [1.807, 2.05) is 0 Å². The molecule has 0 bridgehead atoms. The highest BCUT2D eigenvalue weighted by molar-refractivity contribution is 14.1. The van der Waals surface area contributed by atoms with Gasteiger partial charge in [0.25, 0.3) is 5.91 Å². The maximum Gasteiger partial charge on any atom is 0.255 e. The topological polar surface area (TPSA) is 69.6 Å². The smallest absolute Gasteiger partial charge is 0.255 e. The largest absolute Gasteiger partial charge is 0.507 e. The molecule has 1 saturated carbocycles. The molecule has 1 amide bonds. The van der Waals surface area contributed by atoms with Crippen molar-refractivity contribution in [1.29, 1.82) is 0 Å². The van der Waals surface area contributed by atoms with E-state index in [0.29, 0.717) is 6.54 Å². The summed E-state index contributed by atoms with van der Waals surface area (Å²) in [5.74, 6) is -0.293. The zero-order valence-electron chi connectivity index (χ0n) is 10.7. The third kappa shape index (κ3) is 3.39. The van der Waals surface area contributed by atoms with E-state index < -0.39 is 0 Å². The molecule has 104 valence electrons. The van der Waals surface area contributed by atoms with E-state index in [0.717, 1.165) is 29.3 Å². The van der Waals surface area contributed by atoms with Crippen molar-refractivity contribution in [2.24, 2.45) is 5.41 Å². The molecule has 0 radical (unpaired) electrons. The number of rotatable bonds is 4. The van der Waals surface area contributed by atoms with Gasteiger partial charge in [-0.1, -0.05) is 12.8 Å². The Hall–Kier alpha value is -0.820. The molecule has 0 unspecified atom stereocenters. The number of carbonyl (C=O) groups is 1. The van der Waals surface area contributed by atoms with Gasteiger partial charge in [0, 0.05) is 15.5 Å². The minimum atomic E-state index is -0.282. The van der Waals surface area contributed by atoms with Crippen LogP contribution in [0.4, 0.5) is 0 Å². The Bertz CT molecular complexity index is 470. The Morgan fingerprint density at radius 2 is 2.05 bits per heavy atom. The number of amides is 1. The molecular formula is C14H18INO3. The van der Waals surface area contributed by atoms with Crippen molar-refractivity contribution >= 4 is 28.5 Å². The summed E-state index contributed by atoms with van der Waals surface area (Å²) in [5, 5.41) is 22.0. The van der Waals surface area contributed by atoms with Crippen molar-refractivity contribution < 1.29 is 15.0 Å². The van der Waals surface area contributed by atoms with Crippen LogP contribution < -0.4 is 5.32 Å². The molecule has 1 aliphatic rings. The Kier molecular flexibility index (Phi) is 4.67. The molecule has 0 aliphatic heterocycles. The number of aromatic hydroxyl groups is 1. The third-order valence-corrected chi connectivity index (χ3v) is 4.50. The summed E-state index contributed by atoms with van der Waals surface area (Å²) in [4.78, 5) is 12.1. The lowest BCUT2D eigenvalue weighted by molar-refractivity contribution is 0.0878. The van der Waals surface area contributed by atoms with Crippen molar-refractivity contribution in [1.82, 2.24) is 5.32 Å². The molecule has 1 aromatic carbocycles. The van der Waals surface area contributed by atoms with Crippen LogP contribution in [0.1, 0.15) is 36.0 Å². The van der Waals surface area contributed by atoms with Gasteiger partial charge in [0.1, 0.15) is 5.75 Å². The average Bonchev–Trinajstić information content (AvgIpc) is 2.88. The molecule has 0 saturated heterocycles. The summed E-state index contributed by atoms with van der Waals surface area (Å²) in [7, 11) is 0. The van der Waals surface area contributed by atoms with Crippen LogP contribution in [0.15, 0.2) is 18.2 Å². The molecule has 3 N–H and O–H groups in total. The lowest BCUT2D eigenvalue weighted by Gasteiger charge is -2.26. The molecule has 2 rings (SSSR count). The molecule has 0 heterocycles. The fraction of sp³-hybridized carbons (Fsp3) is 0.500. The standard InChI is InChI=1S/C14H18INO3/c15-10-3-4-12(18)11(7-10)13(19)16-8-14(9-17)5-1-2-6-14/h3-4,7,17-18H,1-2,5-6,8-9H2,(H,16,19). The fourth-order valence-corrected chi connectivity index (χ4v) is 3.06. The minimum Gasteiger partial charge on any atom is -0.507 e. The van der Waals surface area contributed by atoms with Crippen LogP contribution in [0.3, 0.4) is 0 Å². The highest BCUT2D eigenvalue weighted by Crippen LogP contribution is 2.37. The highest BCUT2D eigenvalue weighted by Gasteiger charge is 2.33. The number of phenolic OH excluding ortho intramolecular Hbond substituents is 1. The van der Waals surface area contributed by atoms with Crippen LogP contribution in [0, 0.1) is 8.99 Å². The molecule has 1 aliphatic carbocycles. The summed E-state index contributed by atoms with van der Waals surface area (Å²) in [6.07, 6.45) is 4.10. The number of aliphatic hydroxyl groups is 1. The molecule has 0 atom stereocenters. The van der Waals surface area contributed by atoms with Crippen molar-refractivity contribution in [2.45, 2.75) is 25.7 Å². The third-order valence-electron chi connectivity index (χ3n) is 3.83. The second-order valence-electron chi connectivity index (χ2n) is 5.21. The Balaban J connectivity index is 2.03. The number of hydrogen-bond donors (Lipinski definition) is 3. The van der Waals surface area contributed by atoms with E-state index in [2.05, 4.69) is 27.9 Å². The van der Waals surface area contributed by atoms with Gasteiger partial charge in [0.15, 0.2) is 0 Å². The van der Waals surface area contributed by atoms with Crippen LogP contribution in [0.5, 0.6) is 5.75 Å². The van der Waals surface area contributed by atoms with E-state index in [4.69, 9.17) is 0 Å². The zero-order valence-corrected chi connectivity index (χ0v) is 12.8. The number of carbonyl (C=O) groups excluding carboxylic acids is 1. The van der Waals surface area contributed by atoms with Gasteiger partial charge in [-0.05, 0) is 53.6 Å². The van der Waals surface area contributed by atoms with Gasteiger partial charge in [-0.25, -0.2) is 0 Å². The van der Waals surface area contributed by atoms with Gasteiger partial charge in [-0.15, -0.1) is 0 Å². The fourth-order valence-electron chi connectivity index (χ4n) is 2.57. The molecule has 5 heteroatoms. The summed E-state index contributed by atoms with van der Waals surface area (Å²) in [6, 6.07) is 4.93. The lowest BCUT2D eigenvalue weighted by atomic mass is 9.87. The van der Waals surface area contributed by atoms with Crippen molar-refractivity contribution in [3.8, 4) is 5.75 Å². The monoisotopic (exact) mass is 375 g/mol. The molecular weight excluding hydrogens is 357 g/mol. The average molecular weight is 375 g/mol. The molecule has 4 nitrogen and oxygen atoms in total. The maximum absolute atomic E-state index is 12.1. The first kappa shape index (κ1) is 14.6. The van der Waals surface area contributed by atoms with Crippen LogP contribution >= 0.6 is 22.6 Å². The predicted octanol–water partition coefficient (Wildman–Crippen LogP) is 2.28. The predicted molar refractivity (Wildman–Crippen MR) is 81.1 cm³/mol. The van der Waals surface area contributed by atoms with Crippen LogP contribution in [0.2, 0.25) is 0 Å². The van der Waals surface area contributed by atoms with Crippen LogP contribution in [-0.4, -0.2) is 29.3 Å². The molecule has 1 aromatic rings. The first-order valence-electron chi connectivity index (χ1n) is 6.44. The van der Waals surface area contributed by atoms with E-state index in [1.165, 1.54) is 6.07 Å².